The van der Waals surface area contributed by atoms with Crippen LogP contribution in [0.25, 0.3) is 0 Å². The summed E-state index contributed by atoms with van der Waals surface area (Å²) < 4.78 is 7.35. The molecule has 2 atom stereocenters. The molecule has 3 heterocycles. The Morgan fingerprint density at radius 1 is 1.50 bits per heavy atom. The van der Waals surface area contributed by atoms with Crippen molar-refractivity contribution in [1.82, 2.24) is 19.7 Å². The predicted molar refractivity (Wildman–Crippen MR) is 73.0 cm³/mol. The summed E-state index contributed by atoms with van der Waals surface area (Å²) >= 11 is 0. The molecule has 1 aliphatic carbocycles. The Morgan fingerprint density at radius 3 is 2.80 bits per heavy atom. The maximum atomic E-state index is 12.5. The first-order valence-electron chi connectivity index (χ1n) is 7.20. The number of rotatable bonds is 1. The molecule has 4 rings (SSSR count). The van der Waals surface area contributed by atoms with Gasteiger partial charge in [0, 0.05) is 13.1 Å². The summed E-state index contributed by atoms with van der Waals surface area (Å²) in [5.41, 5.74) is -0.779. The average molecular weight is 278 g/mol. The van der Waals surface area contributed by atoms with Crippen LogP contribution in [0.1, 0.15) is 52.3 Å². The van der Waals surface area contributed by atoms with Gasteiger partial charge >= 0.3 is 6.09 Å². The maximum absolute atomic E-state index is 12.5. The van der Waals surface area contributed by atoms with Gasteiger partial charge in [-0.05, 0) is 46.5 Å². The SMILES string of the molecule is Cn1ncnc1C12CCCC(C1)N2C(=O)OC(C)(C)C. The molecule has 0 radical (unpaired) electrons. The average Bonchev–Trinajstić information content (AvgIpc) is 2.73. The first kappa shape index (κ1) is 13.4. The van der Waals surface area contributed by atoms with Crippen LogP contribution in [0.4, 0.5) is 4.79 Å². The molecule has 1 amide bonds. The van der Waals surface area contributed by atoms with E-state index >= 15 is 0 Å². The molecule has 3 aliphatic rings. The normalized spacial score (nSPS) is 29.0. The summed E-state index contributed by atoms with van der Waals surface area (Å²) in [6.07, 6.45) is 5.42. The number of hydrogen-bond donors (Lipinski definition) is 0. The number of piperidine rings is 1. The summed E-state index contributed by atoms with van der Waals surface area (Å²) in [4.78, 5) is 18.8. The van der Waals surface area contributed by atoms with Gasteiger partial charge in [0.05, 0.1) is 0 Å². The fourth-order valence-corrected chi connectivity index (χ4v) is 3.56. The third-order valence-corrected chi connectivity index (χ3v) is 4.25. The lowest BCUT2D eigenvalue weighted by Crippen LogP contribution is -2.69. The van der Waals surface area contributed by atoms with E-state index in [1.807, 2.05) is 32.7 Å². The maximum Gasteiger partial charge on any atom is 0.411 e. The van der Waals surface area contributed by atoms with Crippen LogP contribution >= 0.6 is 0 Å². The molecule has 6 nitrogen and oxygen atoms in total. The lowest BCUT2D eigenvalue weighted by atomic mass is 9.67. The second kappa shape index (κ2) is 4.20. The molecule has 2 saturated heterocycles. The molecule has 1 saturated carbocycles. The fraction of sp³-hybridized carbons (Fsp3) is 0.786. The Hall–Kier alpha value is -1.59. The zero-order valence-electron chi connectivity index (χ0n) is 12.6. The monoisotopic (exact) mass is 278 g/mol. The zero-order valence-corrected chi connectivity index (χ0v) is 12.6. The molecule has 2 unspecified atom stereocenters. The van der Waals surface area contributed by atoms with Crippen molar-refractivity contribution in [3.63, 3.8) is 0 Å². The Balaban J connectivity index is 1.90. The summed E-state index contributed by atoms with van der Waals surface area (Å²) in [5.74, 6) is 0.874. The number of amides is 1. The van der Waals surface area contributed by atoms with Gasteiger partial charge in [0.15, 0.2) is 5.82 Å². The molecular formula is C14H22N4O2. The van der Waals surface area contributed by atoms with Crippen molar-refractivity contribution in [3.8, 4) is 0 Å². The molecule has 2 aliphatic heterocycles. The molecule has 110 valence electrons. The highest BCUT2D eigenvalue weighted by atomic mass is 16.6. The third-order valence-electron chi connectivity index (χ3n) is 4.25. The number of carbonyl (C=O) groups is 1. The van der Waals surface area contributed by atoms with Gasteiger partial charge in [0.25, 0.3) is 0 Å². The van der Waals surface area contributed by atoms with Gasteiger partial charge in [-0.3, -0.25) is 9.58 Å². The van der Waals surface area contributed by atoms with Crippen LogP contribution in [0.5, 0.6) is 0 Å². The molecule has 3 fully saturated rings. The van der Waals surface area contributed by atoms with E-state index in [0.29, 0.717) is 0 Å². The Bertz CT molecular complexity index is 530. The minimum absolute atomic E-state index is 0.226. The first-order chi connectivity index (χ1) is 9.33. The number of aryl methyl sites for hydroxylation is 1. The number of aromatic nitrogens is 3. The fourth-order valence-electron chi connectivity index (χ4n) is 3.56. The van der Waals surface area contributed by atoms with E-state index in [0.717, 1.165) is 31.5 Å². The summed E-state index contributed by atoms with van der Waals surface area (Å²) in [6, 6.07) is 0.287. The Labute approximate surface area is 119 Å². The standard InChI is InChI=1S/C14H22N4O2/c1-13(2,3)20-12(19)18-10-6-5-7-14(18,8-10)11-15-9-16-17(11)4/h9-10H,5-8H2,1-4H3. The van der Waals surface area contributed by atoms with Crippen LogP contribution in [0.15, 0.2) is 6.33 Å². The van der Waals surface area contributed by atoms with Crippen molar-refractivity contribution in [2.75, 3.05) is 0 Å². The van der Waals surface area contributed by atoms with Crippen molar-refractivity contribution in [2.45, 2.75) is 63.6 Å². The number of ether oxygens (including phenoxy) is 1. The van der Waals surface area contributed by atoms with Gasteiger partial charge in [0.1, 0.15) is 17.5 Å². The van der Waals surface area contributed by atoms with E-state index in [2.05, 4.69) is 10.1 Å². The third kappa shape index (κ3) is 1.89. The molecule has 2 bridgehead atoms. The van der Waals surface area contributed by atoms with Gasteiger partial charge < -0.3 is 4.74 Å². The van der Waals surface area contributed by atoms with Gasteiger partial charge in [-0.25, -0.2) is 9.78 Å². The highest BCUT2D eigenvalue weighted by molar-refractivity contribution is 5.71. The summed E-state index contributed by atoms with van der Waals surface area (Å²) in [6.45, 7) is 5.69. The van der Waals surface area contributed by atoms with Gasteiger partial charge in [-0.1, -0.05) is 0 Å². The summed E-state index contributed by atoms with van der Waals surface area (Å²) in [7, 11) is 1.88. The van der Waals surface area contributed by atoms with E-state index in [4.69, 9.17) is 4.74 Å². The minimum Gasteiger partial charge on any atom is -0.444 e. The quantitative estimate of drug-likeness (QED) is 0.790. The molecule has 1 aromatic rings. The lowest BCUT2D eigenvalue weighted by Gasteiger charge is -2.60. The molecule has 6 heteroatoms. The Kier molecular flexibility index (Phi) is 2.81. The van der Waals surface area contributed by atoms with Crippen molar-refractivity contribution in [2.24, 2.45) is 7.05 Å². The minimum atomic E-state index is -0.470. The number of hydrogen-bond acceptors (Lipinski definition) is 4. The van der Waals surface area contributed by atoms with Crippen LogP contribution in [-0.2, 0) is 17.3 Å². The predicted octanol–water partition coefficient (Wildman–Crippen LogP) is 2.20. The lowest BCUT2D eigenvalue weighted by molar-refractivity contribution is -0.119. The van der Waals surface area contributed by atoms with Gasteiger partial charge in [-0.15, -0.1) is 0 Å². The molecule has 1 aromatic heterocycles. The molecule has 0 spiro atoms. The van der Waals surface area contributed by atoms with Crippen LogP contribution in [0.2, 0.25) is 0 Å². The van der Waals surface area contributed by atoms with Crippen molar-refractivity contribution < 1.29 is 9.53 Å². The topological polar surface area (TPSA) is 60.2 Å². The number of nitrogens with zero attached hydrogens (tertiary/aromatic N) is 4. The molecular weight excluding hydrogens is 256 g/mol. The van der Waals surface area contributed by atoms with Crippen molar-refractivity contribution >= 4 is 6.09 Å². The Morgan fingerprint density at radius 2 is 2.25 bits per heavy atom. The molecule has 0 aromatic carbocycles. The van der Waals surface area contributed by atoms with Gasteiger partial charge in [0.2, 0.25) is 0 Å². The molecule has 20 heavy (non-hydrogen) atoms. The first-order valence-corrected chi connectivity index (χ1v) is 7.20. The van der Waals surface area contributed by atoms with Crippen LogP contribution in [0, 0.1) is 0 Å². The highest BCUT2D eigenvalue weighted by Gasteiger charge is 2.60. The number of carbonyl (C=O) groups excluding carboxylic acids is 1. The second-order valence-corrected chi connectivity index (χ2v) is 6.84. The highest BCUT2D eigenvalue weighted by Crippen LogP contribution is 2.53. The van der Waals surface area contributed by atoms with Crippen LogP contribution in [0.3, 0.4) is 0 Å². The largest absolute Gasteiger partial charge is 0.444 e. The van der Waals surface area contributed by atoms with E-state index in [1.54, 1.807) is 11.0 Å². The zero-order chi connectivity index (χ0) is 14.5. The van der Waals surface area contributed by atoms with E-state index in [-0.39, 0.29) is 17.7 Å². The van der Waals surface area contributed by atoms with Gasteiger partial charge in [-0.2, -0.15) is 5.10 Å². The van der Waals surface area contributed by atoms with Crippen molar-refractivity contribution in [1.29, 1.82) is 0 Å². The molecule has 0 N–H and O–H groups in total. The number of fused-ring (bicyclic) bond motifs is 2. The summed E-state index contributed by atoms with van der Waals surface area (Å²) in [5, 5.41) is 4.16. The van der Waals surface area contributed by atoms with E-state index < -0.39 is 5.60 Å². The smallest absolute Gasteiger partial charge is 0.411 e. The second-order valence-electron chi connectivity index (χ2n) is 6.84. The van der Waals surface area contributed by atoms with Crippen molar-refractivity contribution in [3.05, 3.63) is 12.2 Å². The van der Waals surface area contributed by atoms with E-state index in [9.17, 15) is 4.79 Å². The van der Waals surface area contributed by atoms with Crippen LogP contribution in [-0.4, -0.2) is 37.4 Å². The van der Waals surface area contributed by atoms with E-state index in [1.165, 1.54) is 0 Å². The van der Waals surface area contributed by atoms with Crippen LogP contribution < -0.4 is 0 Å².